The normalized spacial score (nSPS) is 29.7. The highest BCUT2D eigenvalue weighted by Gasteiger charge is 2.16. The molecule has 2 aliphatic rings. The summed E-state index contributed by atoms with van der Waals surface area (Å²) in [6, 6.07) is 0. The predicted octanol–water partition coefficient (Wildman–Crippen LogP) is 8.38. The van der Waals surface area contributed by atoms with Gasteiger partial charge >= 0.3 is 0 Å². The fourth-order valence-electron chi connectivity index (χ4n) is 4.50. The van der Waals surface area contributed by atoms with Crippen molar-refractivity contribution in [2.45, 2.75) is 116 Å². The van der Waals surface area contributed by atoms with Crippen LogP contribution in [0.4, 0.5) is 0 Å². The molecule has 2 atom stereocenters. The smallest absolute Gasteiger partial charge is 0.0171 e. The molecule has 0 spiro atoms. The Bertz CT molecular complexity index is 304. The van der Waals surface area contributed by atoms with Gasteiger partial charge in [-0.25, -0.2) is 0 Å². The highest BCUT2D eigenvalue weighted by Crippen LogP contribution is 2.29. The first-order valence-corrected chi connectivity index (χ1v) is 11.3. The zero-order valence-electron chi connectivity index (χ0n) is 16.2. The topological polar surface area (TPSA) is 0 Å². The van der Waals surface area contributed by atoms with Crippen LogP contribution in [0.15, 0.2) is 24.3 Å². The van der Waals surface area contributed by atoms with Gasteiger partial charge in [0.25, 0.3) is 0 Å². The Morgan fingerprint density at radius 2 is 0.708 bits per heavy atom. The predicted molar refractivity (Wildman–Crippen MR) is 108 cm³/mol. The van der Waals surface area contributed by atoms with Gasteiger partial charge < -0.3 is 0 Å². The van der Waals surface area contributed by atoms with E-state index in [2.05, 4.69) is 24.3 Å². The maximum atomic E-state index is 2.61. The standard InChI is InChI=1S/C24H42/c1-3-7-11-15-19-23(20-16-12-8-4-1)24-21-17-13-9-5-2-6-10-14-18-22-24/h15,17,19,21,23-24H,1-14,16,18,20,22H2. The summed E-state index contributed by atoms with van der Waals surface area (Å²) in [4.78, 5) is 0. The average Bonchev–Trinajstić information content (AvgIpc) is 2.56. The van der Waals surface area contributed by atoms with Crippen molar-refractivity contribution < 1.29 is 0 Å². The molecule has 0 saturated heterocycles. The van der Waals surface area contributed by atoms with Crippen molar-refractivity contribution in [3.8, 4) is 0 Å². The number of allylic oxidation sites excluding steroid dienone is 4. The van der Waals surface area contributed by atoms with E-state index >= 15 is 0 Å². The van der Waals surface area contributed by atoms with Gasteiger partial charge in [-0.05, 0) is 50.4 Å². The number of hydrogen-bond donors (Lipinski definition) is 0. The van der Waals surface area contributed by atoms with Gasteiger partial charge in [0.15, 0.2) is 0 Å². The minimum Gasteiger partial charge on any atom is -0.0882 e. The van der Waals surface area contributed by atoms with Crippen LogP contribution in [-0.2, 0) is 0 Å². The summed E-state index contributed by atoms with van der Waals surface area (Å²) in [6.45, 7) is 0. The first-order valence-electron chi connectivity index (χ1n) is 11.3. The molecule has 2 unspecified atom stereocenters. The monoisotopic (exact) mass is 330 g/mol. The Hall–Kier alpha value is -0.520. The molecule has 0 fully saturated rings. The minimum absolute atomic E-state index is 0.809. The van der Waals surface area contributed by atoms with Gasteiger partial charge in [0.2, 0.25) is 0 Å². The zero-order chi connectivity index (χ0) is 16.7. The molecule has 138 valence electrons. The maximum Gasteiger partial charge on any atom is -0.0171 e. The quantitative estimate of drug-likeness (QED) is 0.423. The summed E-state index contributed by atoms with van der Waals surface area (Å²) >= 11 is 0. The summed E-state index contributed by atoms with van der Waals surface area (Å²) in [6.07, 6.45) is 36.0. The van der Waals surface area contributed by atoms with Gasteiger partial charge in [0, 0.05) is 0 Å². The molecular formula is C24H42. The van der Waals surface area contributed by atoms with Gasteiger partial charge in [-0.2, -0.15) is 0 Å². The highest BCUT2D eigenvalue weighted by atomic mass is 14.2. The second-order valence-electron chi connectivity index (χ2n) is 8.29. The largest absolute Gasteiger partial charge is 0.0882 e. The van der Waals surface area contributed by atoms with Crippen molar-refractivity contribution >= 4 is 0 Å². The third kappa shape index (κ3) is 9.09. The minimum atomic E-state index is 0.809. The Kier molecular flexibility index (Phi) is 11.3. The molecule has 0 aromatic rings. The Morgan fingerprint density at radius 3 is 1.12 bits per heavy atom. The van der Waals surface area contributed by atoms with Crippen LogP contribution in [0.2, 0.25) is 0 Å². The molecule has 2 rings (SSSR count). The molecule has 0 radical (unpaired) electrons. The zero-order valence-corrected chi connectivity index (χ0v) is 16.2. The van der Waals surface area contributed by atoms with Crippen molar-refractivity contribution in [1.29, 1.82) is 0 Å². The van der Waals surface area contributed by atoms with Crippen molar-refractivity contribution in [3.63, 3.8) is 0 Å². The molecule has 0 heterocycles. The van der Waals surface area contributed by atoms with Crippen molar-refractivity contribution in [1.82, 2.24) is 0 Å². The lowest BCUT2D eigenvalue weighted by Gasteiger charge is -2.23. The first-order chi connectivity index (χ1) is 12.0. The van der Waals surface area contributed by atoms with Gasteiger partial charge in [0.05, 0.1) is 0 Å². The molecule has 0 aromatic carbocycles. The second-order valence-corrected chi connectivity index (χ2v) is 8.29. The lowest BCUT2D eigenvalue weighted by molar-refractivity contribution is 0.382. The molecule has 0 aliphatic heterocycles. The Balaban J connectivity index is 1.93. The molecule has 0 nitrogen and oxygen atoms in total. The van der Waals surface area contributed by atoms with Crippen LogP contribution < -0.4 is 0 Å². The van der Waals surface area contributed by atoms with Crippen LogP contribution in [0, 0.1) is 11.8 Å². The van der Waals surface area contributed by atoms with Crippen LogP contribution in [0.25, 0.3) is 0 Å². The van der Waals surface area contributed by atoms with E-state index in [1.807, 2.05) is 0 Å². The van der Waals surface area contributed by atoms with E-state index in [0.29, 0.717) is 0 Å². The van der Waals surface area contributed by atoms with Crippen LogP contribution in [0.5, 0.6) is 0 Å². The summed E-state index contributed by atoms with van der Waals surface area (Å²) in [5, 5.41) is 0. The molecule has 0 aromatic heterocycles. The third-order valence-electron chi connectivity index (χ3n) is 6.13. The fourth-order valence-corrected chi connectivity index (χ4v) is 4.50. The molecule has 24 heavy (non-hydrogen) atoms. The fraction of sp³-hybridized carbons (Fsp3) is 0.833. The molecule has 0 saturated carbocycles. The van der Waals surface area contributed by atoms with E-state index in [9.17, 15) is 0 Å². The molecule has 2 aliphatic carbocycles. The Morgan fingerprint density at radius 1 is 0.375 bits per heavy atom. The van der Waals surface area contributed by atoms with E-state index < -0.39 is 0 Å². The van der Waals surface area contributed by atoms with E-state index in [1.54, 1.807) is 0 Å². The summed E-state index contributed by atoms with van der Waals surface area (Å²) in [5.74, 6) is 1.62. The van der Waals surface area contributed by atoms with Gasteiger partial charge in [-0.1, -0.05) is 101 Å². The van der Waals surface area contributed by atoms with Gasteiger partial charge in [0.1, 0.15) is 0 Å². The molecular weight excluding hydrogens is 288 g/mol. The van der Waals surface area contributed by atoms with Crippen LogP contribution in [0.1, 0.15) is 116 Å². The van der Waals surface area contributed by atoms with Crippen LogP contribution in [0.3, 0.4) is 0 Å². The summed E-state index contributed by atoms with van der Waals surface area (Å²) in [7, 11) is 0. The first kappa shape index (κ1) is 19.8. The van der Waals surface area contributed by atoms with E-state index in [0.717, 1.165) is 11.8 Å². The Labute approximate surface area is 152 Å². The van der Waals surface area contributed by atoms with E-state index in [1.165, 1.54) is 116 Å². The van der Waals surface area contributed by atoms with E-state index in [-0.39, 0.29) is 0 Å². The summed E-state index contributed by atoms with van der Waals surface area (Å²) < 4.78 is 0. The second kappa shape index (κ2) is 13.7. The summed E-state index contributed by atoms with van der Waals surface area (Å²) in [5.41, 5.74) is 0. The average molecular weight is 331 g/mol. The highest BCUT2D eigenvalue weighted by molar-refractivity contribution is 5.00. The molecule has 0 heteroatoms. The van der Waals surface area contributed by atoms with Gasteiger partial charge in [-0.3, -0.25) is 0 Å². The SMILES string of the molecule is C1=CC(C2C=CCCCCCCCCC2)CCCCCCCCC1. The van der Waals surface area contributed by atoms with Crippen molar-refractivity contribution in [2.75, 3.05) is 0 Å². The number of rotatable bonds is 1. The number of hydrogen-bond acceptors (Lipinski definition) is 0. The third-order valence-corrected chi connectivity index (χ3v) is 6.13. The van der Waals surface area contributed by atoms with Crippen LogP contribution in [-0.4, -0.2) is 0 Å². The maximum absolute atomic E-state index is 2.61. The lowest BCUT2D eigenvalue weighted by atomic mass is 9.82. The van der Waals surface area contributed by atoms with Crippen LogP contribution >= 0.6 is 0 Å². The van der Waals surface area contributed by atoms with Crippen molar-refractivity contribution in [2.24, 2.45) is 11.8 Å². The van der Waals surface area contributed by atoms with Crippen molar-refractivity contribution in [3.05, 3.63) is 24.3 Å². The molecule has 0 bridgehead atoms. The molecule has 0 N–H and O–H groups in total. The lowest BCUT2D eigenvalue weighted by Crippen LogP contribution is -2.11. The molecule has 0 amide bonds. The van der Waals surface area contributed by atoms with E-state index in [4.69, 9.17) is 0 Å². The van der Waals surface area contributed by atoms with Gasteiger partial charge in [-0.15, -0.1) is 0 Å².